The first kappa shape index (κ1) is 31.2. The van der Waals surface area contributed by atoms with Gasteiger partial charge in [-0.15, -0.1) is 0 Å². The maximum absolute atomic E-state index is 14.0. The highest BCUT2D eigenvalue weighted by molar-refractivity contribution is 9.10. The second-order valence-corrected chi connectivity index (χ2v) is 11.8. The fourth-order valence-electron chi connectivity index (χ4n) is 4.33. The van der Waals surface area contributed by atoms with Crippen molar-refractivity contribution in [1.29, 1.82) is 0 Å². The molecule has 0 heterocycles. The van der Waals surface area contributed by atoms with E-state index in [1.165, 1.54) is 17.0 Å². The van der Waals surface area contributed by atoms with Crippen LogP contribution >= 0.6 is 15.9 Å². The lowest BCUT2D eigenvalue weighted by atomic mass is 10.1. The van der Waals surface area contributed by atoms with Crippen LogP contribution in [0.2, 0.25) is 0 Å². The molecule has 0 spiro atoms. The average molecular weight is 631 g/mol. The van der Waals surface area contributed by atoms with Crippen LogP contribution in [0.3, 0.4) is 0 Å². The molecule has 0 aliphatic carbocycles. The first-order valence-corrected chi connectivity index (χ1v) is 15.6. The third kappa shape index (κ3) is 8.08. The fourth-order valence-corrected chi connectivity index (χ4v) is 6.00. The third-order valence-corrected chi connectivity index (χ3v) is 8.65. The van der Waals surface area contributed by atoms with E-state index in [2.05, 4.69) is 21.2 Å². The topological polar surface area (TPSA) is 96.0 Å². The van der Waals surface area contributed by atoms with Crippen molar-refractivity contribution < 1.29 is 22.7 Å². The highest BCUT2D eigenvalue weighted by atomic mass is 79.9. The van der Waals surface area contributed by atoms with Crippen LogP contribution in [0.25, 0.3) is 0 Å². The summed E-state index contributed by atoms with van der Waals surface area (Å²) < 4.78 is 35.1. The Morgan fingerprint density at radius 2 is 1.57 bits per heavy atom. The van der Waals surface area contributed by atoms with Gasteiger partial charge >= 0.3 is 0 Å². The van der Waals surface area contributed by atoms with Crippen LogP contribution in [0, 0.1) is 0 Å². The van der Waals surface area contributed by atoms with E-state index < -0.39 is 28.5 Å². The summed E-state index contributed by atoms with van der Waals surface area (Å²) in [5.74, 6) is -0.149. The molecule has 0 radical (unpaired) electrons. The predicted molar refractivity (Wildman–Crippen MR) is 161 cm³/mol. The van der Waals surface area contributed by atoms with Crippen LogP contribution in [0.5, 0.6) is 5.75 Å². The molecule has 0 unspecified atom stereocenters. The van der Waals surface area contributed by atoms with E-state index in [1.807, 2.05) is 51.1 Å². The summed E-state index contributed by atoms with van der Waals surface area (Å²) in [4.78, 5) is 28.5. The van der Waals surface area contributed by atoms with Crippen molar-refractivity contribution >= 4 is 43.5 Å². The summed E-state index contributed by atoms with van der Waals surface area (Å²) in [7, 11) is -4.13. The first-order chi connectivity index (χ1) is 19.2. The van der Waals surface area contributed by atoms with E-state index in [0.717, 1.165) is 14.3 Å². The minimum absolute atomic E-state index is 0.0454. The maximum Gasteiger partial charge on any atom is 0.264 e. The molecule has 1 atom stereocenters. The van der Waals surface area contributed by atoms with Crippen LogP contribution in [0.4, 0.5) is 5.69 Å². The van der Waals surface area contributed by atoms with E-state index >= 15 is 0 Å². The summed E-state index contributed by atoms with van der Waals surface area (Å²) in [6.45, 7) is 6.19. The number of rotatable bonds is 14. The number of carbonyl (C=O) groups is 2. The normalized spacial score (nSPS) is 11.9. The molecular formula is C30H36BrN3O5S. The van der Waals surface area contributed by atoms with Crippen molar-refractivity contribution in [3.8, 4) is 5.75 Å². The number of hydrogen-bond acceptors (Lipinski definition) is 5. The summed E-state index contributed by atoms with van der Waals surface area (Å²) in [6, 6.07) is 21.7. The molecule has 0 saturated carbocycles. The molecule has 0 aliphatic rings. The Hall–Kier alpha value is -3.37. The van der Waals surface area contributed by atoms with E-state index in [-0.39, 0.29) is 17.3 Å². The number of sulfonamides is 1. The number of hydrogen-bond donors (Lipinski definition) is 1. The van der Waals surface area contributed by atoms with Gasteiger partial charge in [0, 0.05) is 17.6 Å². The van der Waals surface area contributed by atoms with Gasteiger partial charge in [-0.3, -0.25) is 13.9 Å². The second-order valence-electron chi connectivity index (χ2n) is 9.03. The molecule has 2 amide bonds. The lowest BCUT2D eigenvalue weighted by Gasteiger charge is -2.33. The van der Waals surface area contributed by atoms with Crippen molar-refractivity contribution in [3.05, 3.63) is 88.9 Å². The van der Waals surface area contributed by atoms with Crippen LogP contribution in [0.15, 0.2) is 88.2 Å². The zero-order chi connectivity index (χ0) is 29.1. The van der Waals surface area contributed by atoms with Crippen molar-refractivity contribution in [3.63, 3.8) is 0 Å². The van der Waals surface area contributed by atoms with Crippen LogP contribution in [-0.4, -0.2) is 57.4 Å². The number of carbonyl (C=O) groups excluding carboxylic acids is 2. The van der Waals surface area contributed by atoms with Crippen LogP contribution in [0.1, 0.15) is 32.8 Å². The summed E-state index contributed by atoms with van der Waals surface area (Å²) in [5.41, 5.74) is 1.32. The van der Waals surface area contributed by atoms with Gasteiger partial charge in [0.15, 0.2) is 0 Å². The van der Waals surface area contributed by atoms with Gasteiger partial charge in [-0.25, -0.2) is 8.42 Å². The fraction of sp³-hybridized carbons (Fsp3) is 0.333. The van der Waals surface area contributed by atoms with Crippen molar-refractivity contribution in [2.75, 3.05) is 30.5 Å². The molecule has 3 aromatic rings. The third-order valence-electron chi connectivity index (χ3n) is 6.34. The molecule has 10 heteroatoms. The summed E-state index contributed by atoms with van der Waals surface area (Å²) in [6.07, 6.45) is 0.903. The minimum atomic E-state index is -4.13. The molecule has 0 aliphatic heterocycles. The standard InChI is InChI=1S/C30H36BrN3O5S/c1-4-28(30(36)32-5-2)33(21-20-23-10-8-7-9-11-23)29(35)22-34(25-14-16-26(17-15-25)39-6-3)40(37,38)27-18-12-24(31)13-19-27/h7-19,28H,4-6,20-22H2,1-3H3,(H,32,36)/t28-/m1/s1. The Labute approximate surface area is 245 Å². The highest BCUT2D eigenvalue weighted by Gasteiger charge is 2.33. The number of likely N-dealkylation sites (N-methyl/N-ethyl adjacent to an activating group) is 1. The number of halogens is 1. The minimum Gasteiger partial charge on any atom is -0.494 e. The van der Waals surface area contributed by atoms with Crippen molar-refractivity contribution in [1.82, 2.24) is 10.2 Å². The van der Waals surface area contributed by atoms with E-state index in [0.29, 0.717) is 37.4 Å². The Kier molecular flexibility index (Phi) is 11.6. The number of benzene rings is 3. The van der Waals surface area contributed by atoms with Gasteiger partial charge in [-0.2, -0.15) is 0 Å². The van der Waals surface area contributed by atoms with Crippen LogP contribution < -0.4 is 14.4 Å². The molecule has 0 bridgehead atoms. The number of nitrogens with one attached hydrogen (secondary N) is 1. The Balaban J connectivity index is 2.00. The Morgan fingerprint density at radius 3 is 2.15 bits per heavy atom. The molecule has 1 N–H and O–H groups in total. The number of amides is 2. The molecule has 0 fully saturated rings. The molecule has 3 aromatic carbocycles. The molecule has 214 valence electrons. The van der Waals surface area contributed by atoms with Gasteiger partial charge in [0.1, 0.15) is 18.3 Å². The first-order valence-electron chi connectivity index (χ1n) is 13.3. The molecule has 8 nitrogen and oxygen atoms in total. The van der Waals surface area contributed by atoms with Gasteiger partial charge in [-0.1, -0.05) is 53.2 Å². The highest BCUT2D eigenvalue weighted by Crippen LogP contribution is 2.27. The zero-order valence-corrected chi connectivity index (χ0v) is 25.4. The quantitative estimate of drug-likeness (QED) is 0.270. The number of nitrogens with zero attached hydrogens (tertiary/aromatic N) is 2. The SMILES string of the molecule is CCNC(=O)[C@@H](CC)N(CCc1ccccc1)C(=O)CN(c1ccc(OCC)cc1)S(=O)(=O)c1ccc(Br)cc1. The second kappa shape index (κ2) is 14.9. The molecule has 3 rings (SSSR count). The van der Waals surface area contributed by atoms with Gasteiger partial charge in [0.25, 0.3) is 10.0 Å². The monoisotopic (exact) mass is 629 g/mol. The summed E-state index contributed by atoms with van der Waals surface area (Å²) in [5, 5.41) is 2.81. The van der Waals surface area contributed by atoms with E-state index in [9.17, 15) is 18.0 Å². The smallest absolute Gasteiger partial charge is 0.264 e. The molecular weight excluding hydrogens is 594 g/mol. The Bertz CT molecular complexity index is 1350. The van der Waals surface area contributed by atoms with E-state index in [4.69, 9.17) is 4.74 Å². The average Bonchev–Trinajstić information content (AvgIpc) is 2.95. The van der Waals surface area contributed by atoms with Gasteiger partial charge in [-0.05, 0) is 80.8 Å². The largest absolute Gasteiger partial charge is 0.494 e. The predicted octanol–water partition coefficient (Wildman–Crippen LogP) is 5.03. The number of anilines is 1. The molecule has 40 heavy (non-hydrogen) atoms. The zero-order valence-electron chi connectivity index (χ0n) is 23.0. The maximum atomic E-state index is 14.0. The van der Waals surface area contributed by atoms with Gasteiger partial charge < -0.3 is 15.0 Å². The lowest BCUT2D eigenvalue weighted by molar-refractivity contribution is -0.139. The van der Waals surface area contributed by atoms with Crippen molar-refractivity contribution in [2.45, 2.75) is 44.6 Å². The Morgan fingerprint density at radius 1 is 0.925 bits per heavy atom. The van der Waals surface area contributed by atoms with Gasteiger partial charge in [0.05, 0.1) is 17.2 Å². The van der Waals surface area contributed by atoms with Crippen LogP contribution in [-0.2, 0) is 26.0 Å². The van der Waals surface area contributed by atoms with E-state index in [1.54, 1.807) is 36.4 Å². The molecule has 0 saturated heterocycles. The van der Waals surface area contributed by atoms with Gasteiger partial charge in [0.2, 0.25) is 11.8 Å². The van der Waals surface area contributed by atoms with Crippen molar-refractivity contribution in [2.24, 2.45) is 0 Å². The number of ether oxygens (including phenoxy) is 1. The summed E-state index contributed by atoms with van der Waals surface area (Å²) >= 11 is 3.34. The lowest BCUT2D eigenvalue weighted by Crippen LogP contribution is -2.53. The molecule has 0 aromatic heterocycles.